The molecule has 0 radical (unpaired) electrons. The lowest BCUT2D eigenvalue weighted by Crippen LogP contribution is -2.44. The molecule has 1 aliphatic carbocycles. The third-order valence-electron chi connectivity index (χ3n) is 1.90. The summed E-state index contributed by atoms with van der Waals surface area (Å²) in [7, 11) is 0. The molecule has 0 unspecified atom stereocenters. The van der Waals surface area contributed by atoms with E-state index in [0.717, 1.165) is 19.3 Å². The van der Waals surface area contributed by atoms with E-state index in [0.29, 0.717) is 0 Å². The Bertz CT molecular complexity index is 97.1. The van der Waals surface area contributed by atoms with E-state index in [4.69, 9.17) is 16.6 Å². The highest BCUT2D eigenvalue weighted by Gasteiger charge is 2.23. The first-order chi connectivity index (χ1) is 4.20. The van der Waals surface area contributed by atoms with Gasteiger partial charge in [-0.2, -0.15) is 0 Å². The van der Waals surface area contributed by atoms with Crippen LogP contribution in [0.25, 0.3) is 0 Å². The van der Waals surface area contributed by atoms with E-state index >= 15 is 0 Å². The van der Waals surface area contributed by atoms with Gasteiger partial charge in [-0.3, -0.25) is 0 Å². The van der Waals surface area contributed by atoms with E-state index in [1.165, 1.54) is 0 Å². The van der Waals surface area contributed by atoms with Gasteiger partial charge in [-0.25, -0.2) is 0 Å². The fourth-order valence-corrected chi connectivity index (χ4v) is 1.22. The van der Waals surface area contributed by atoms with Crippen LogP contribution in [0.5, 0.6) is 0 Å². The second-order valence-electron chi connectivity index (χ2n) is 2.80. The number of hydrogen-bond donors (Lipinski definition) is 3. The van der Waals surface area contributed by atoms with Gasteiger partial charge in [0.2, 0.25) is 0 Å². The second kappa shape index (κ2) is 2.64. The van der Waals surface area contributed by atoms with Gasteiger partial charge in [-0.05, 0) is 19.3 Å². The third-order valence-corrected chi connectivity index (χ3v) is 1.90. The maximum absolute atomic E-state index is 9.11. The standard InChI is InChI=1S/C6H14N2O/c7-4-1-2-6(9)5(8)3-4/h4-6,9H,1-3,7-8H2/t4-,5-,6-/m0/s1. The molecule has 54 valence electrons. The van der Waals surface area contributed by atoms with Crippen molar-refractivity contribution in [2.45, 2.75) is 37.5 Å². The number of nitrogens with two attached hydrogens (primary N) is 2. The lowest BCUT2D eigenvalue weighted by atomic mass is 9.90. The molecule has 0 saturated heterocycles. The number of hydrogen-bond acceptors (Lipinski definition) is 3. The molecule has 0 aromatic heterocycles. The maximum atomic E-state index is 9.11. The van der Waals surface area contributed by atoms with Crippen molar-refractivity contribution in [3.63, 3.8) is 0 Å². The molecule has 3 nitrogen and oxygen atoms in total. The second-order valence-corrected chi connectivity index (χ2v) is 2.80. The molecule has 0 aliphatic heterocycles. The van der Waals surface area contributed by atoms with Gasteiger partial charge in [0.15, 0.2) is 0 Å². The molecule has 3 atom stereocenters. The molecule has 0 aromatic rings. The number of aliphatic hydroxyl groups excluding tert-OH is 1. The Morgan fingerprint density at radius 3 is 2.33 bits per heavy atom. The lowest BCUT2D eigenvalue weighted by Gasteiger charge is -2.28. The van der Waals surface area contributed by atoms with E-state index in [2.05, 4.69) is 0 Å². The molecule has 1 saturated carbocycles. The van der Waals surface area contributed by atoms with Crippen LogP contribution in [0.4, 0.5) is 0 Å². The van der Waals surface area contributed by atoms with Crippen LogP contribution >= 0.6 is 0 Å². The lowest BCUT2D eigenvalue weighted by molar-refractivity contribution is 0.101. The van der Waals surface area contributed by atoms with Gasteiger partial charge in [0.1, 0.15) is 0 Å². The zero-order chi connectivity index (χ0) is 6.85. The summed E-state index contributed by atoms with van der Waals surface area (Å²) in [6.45, 7) is 0. The number of aliphatic hydroxyl groups is 1. The Morgan fingerprint density at radius 2 is 1.89 bits per heavy atom. The highest BCUT2D eigenvalue weighted by Crippen LogP contribution is 2.15. The summed E-state index contributed by atoms with van der Waals surface area (Å²) in [4.78, 5) is 0. The maximum Gasteiger partial charge on any atom is 0.0692 e. The summed E-state index contributed by atoms with van der Waals surface area (Å²) in [5.41, 5.74) is 11.1. The molecule has 0 heterocycles. The fourth-order valence-electron chi connectivity index (χ4n) is 1.22. The molecule has 1 rings (SSSR count). The van der Waals surface area contributed by atoms with Gasteiger partial charge in [0.25, 0.3) is 0 Å². The van der Waals surface area contributed by atoms with Crippen molar-refractivity contribution >= 4 is 0 Å². The van der Waals surface area contributed by atoms with Crippen LogP contribution in [0.3, 0.4) is 0 Å². The van der Waals surface area contributed by atoms with Gasteiger partial charge in [-0.1, -0.05) is 0 Å². The smallest absolute Gasteiger partial charge is 0.0692 e. The largest absolute Gasteiger partial charge is 0.392 e. The Kier molecular flexibility index (Phi) is 2.05. The molecule has 3 heteroatoms. The molecule has 0 spiro atoms. The summed E-state index contributed by atoms with van der Waals surface area (Å²) < 4.78 is 0. The van der Waals surface area contributed by atoms with Crippen molar-refractivity contribution < 1.29 is 5.11 Å². The van der Waals surface area contributed by atoms with Gasteiger partial charge >= 0.3 is 0 Å². The van der Waals surface area contributed by atoms with E-state index in [-0.39, 0.29) is 18.2 Å². The molecule has 1 aliphatic rings. The first kappa shape index (κ1) is 6.99. The summed E-state index contributed by atoms with van der Waals surface area (Å²) in [5, 5.41) is 9.11. The summed E-state index contributed by atoms with van der Waals surface area (Å²) in [5.74, 6) is 0. The monoisotopic (exact) mass is 130 g/mol. The topological polar surface area (TPSA) is 72.3 Å². The number of rotatable bonds is 0. The van der Waals surface area contributed by atoms with E-state index in [9.17, 15) is 0 Å². The minimum atomic E-state index is -0.315. The highest BCUT2D eigenvalue weighted by atomic mass is 16.3. The molecular weight excluding hydrogens is 116 g/mol. The predicted molar refractivity (Wildman–Crippen MR) is 35.8 cm³/mol. The van der Waals surface area contributed by atoms with Crippen molar-refractivity contribution in [1.82, 2.24) is 0 Å². The molecule has 1 fully saturated rings. The van der Waals surface area contributed by atoms with Crippen molar-refractivity contribution in [3.8, 4) is 0 Å². The fraction of sp³-hybridized carbons (Fsp3) is 1.00. The Morgan fingerprint density at radius 1 is 1.22 bits per heavy atom. The molecule has 5 N–H and O–H groups in total. The Labute approximate surface area is 55.0 Å². The van der Waals surface area contributed by atoms with E-state index in [1.807, 2.05) is 0 Å². The van der Waals surface area contributed by atoms with Crippen molar-refractivity contribution in [3.05, 3.63) is 0 Å². The van der Waals surface area contributed by atoms with Crippen LogP contribution in [0.15, 0.2) is 0 Å². The summed E-state index contributed by atoms with van der Waals surface area (Å²) >= 11 is 0. The molecule has 0 aromatic carbocycles. The minimum Gasteiger partial charge on any atom is -0.392 e. The zero-order valence-corrected chi connectivity index (χ0v) is 5.46. The first-order valence-corrected chi connectivity index (χ1v) is 3.39. The van der Waals surface area contributed by atoms with Gasteiger partial charge in [0, 0.05) is 12.1 Å². The van der Waals surface area contributed by atoms with Gasteiger partial charge < -0.3 is 16.6 Å². The molecule has 0 bridgehead atoms. The van der Waals surface area contributed by atoms with Crippen LogP contribution < -0.4 is 11.5 Å². The van der Waals surface area contributed by atoms with Crippen molar-refractivity contribution in [2.75, 3.05) is 0 Å². The van der Waals surface area contributed by atoms with Crippen LogP contribution in [-0.2, 0) is 0 Å². The quantitative estimate of drug-likeness (QED) is 0.401. The van der Waals surface area contributed by atoms with Crippen LogP contribution in [-0.4, -0.2) is 23.3 Å². The average molecular weight is 130 g/mol. The zero-order valence-electron chi connectivity index (χ0n) is 5.46. The molecule has 9 heavy (non-hydrogen) atoms. The highest BCUT2D eigenvalue weighted by molar-refractivity contribution is 4.83. The van der Waals surface area contributed by atoms with Gasteiger partial charge in [0.05, 0.1) is 6.10 Å². The average Bonchev–Trinajstić information content (AvgIpc) is 1.80. The van der Waals surface area contributed by atoms with E-state index in [1.54, 1.807) is 0 Å². The van der Waals surface area contributed by atoms with Gasteiger partial charge in [-0.15, -0.1) is 0 Å². The van der Waals surface area contributed by atoms with E-state index < -0.39 is 0 Å². The van der Waals surface area contributed by atoms with Crippen molar-refractivity contribution in [2.24, 2.45) is 11.5 Å². The van der Waals surface area contributed by atoms with Crippen molar-refractivity contribution in [1.29, 1.82) is 0 Å². The summed E-state index contributed by atoms with van der Waals surface area (Å²) in [6, 6.07) is 0.122. The predicted octanol–water partition coefficient (Wildman–Crippen LogP) is -0.814. The Balaban J connectivity index is 2.35. The minimum absolute atomic E-state index is 0.0891. The van der Waals surface area contributed by atoms with Crippen LogP contribution in [0.1, 0.15) is 19.3 Å². The van der Waals surface area contributed by atoms with Crippen LogP contribution in [0.2, 0.25) is 0 Å². The molecular formula is C6H14N2O. The normalized spacial score (nSPS) is 45.0. The SMILES string of the molecule is N[C@H]1CC[C@H](O)[C@@H](N)C1. The Hall–Kier alpha value is -0.120. The first-order valence-electron chi connectivity index (χ1n) is 3.39. The van der Waals surface area contributed by atoms with Crippen LogP contribution in [0, 0.1) is 0 Å². The third kappa shape index (κ3) is 1.64. The summed E-state index contributed by atoms with van der Waals surface area (Å²) in [6.07, 6.45) is 2.13. The molecule has 0 amide bonds.